The number of likely N-dealkylation sites (N-methyl/N-ethyl adjacent to an activating group) is 1. The van der Waals surface area contributed by atoms with E-state index < -0.39 is 0 Å². The molecule has 1 saturated heterocycles. The molecule has 2 amide bonds. The Morgan fingerprint density at radius 3 is 2.76 bits per heavy atom. The normalized spacial score (nSPS) is 17.0. The number of likely N-dealkylation sites (tertiary alicyclic amines) is 1. The van der Waals surface area contributed by atoms with Crippen molar-refractivity contribution >= 4 is 39.4 Å². The van der Waals surface area contributed by atoms with Crippen LogP contribution in [0.1, 0.15) is 12.8 Å². The molecule has 0 spiro atoms. The van der Waals surface area contributed by atoms with Gasteiger partial charge in [0.2, 0.25) is 11.8 Å². The fourth-order valence-electron chi connectivity index (χ4n) is 3.99. The Labute approximate surface area is 169 Å². The van der Waals surface area contributed by atoms with Crippen molar-refractivity contribution in [2.75, 3.05) is 39.6 Å². The number of nitrogens with zero attached hydrogens (tertiary/aromatic N) is 2. The van der Waals surface area contributed by atoms with Gasteiger partial charge in [-0.1, -0.05) is 18.2 Å². The van der Waals surface area contributed by atoms with Crippen molar-refractivity contribution in [2.24, 2.45) is 0 Å². The second-order valence-electron chi connectivity index (χ2n) is 7.56. The van der Waals surface area contributed by atoms with Gasteiger partial charge in [0.1, 0.15) is 16.9 Å². The number of methoxy groups -OCH3 is 1. The van der Waals surface area contributed by atoms with Crippen LogP contribution in [0.25, 0.3) is 21.9 Å². The summed E-state index contributed by atoms with van der Waals surface area (Å²) in [6, 6.07) is 11.2. The number of anilines is 1. The summed E-state index contributed by atoms with van der Waals surface area (Å²) in [5.74, 6) is 0.425. The van der Waals surface area contributed by atoms with Crippen LogP contribution in [0.3, 0.4) is 0 Å². The maximum Gasteiger partial charge on any atom is 0.239 e. The lowest BCUT2D eigenvalue weighted by molar-refractivity contribution is -0.133. The fourth-order valence-corrected chi connectivity index (χ4v) is 3.99. The molecule has 1 unspecified atom stereocenters. The van der Waals surface area contributed by atoms with E-state index in [0.717, 1.165) is 35.7 Å². The molecule has 7 nitrogen and oxygen atoms in total. The van der Waals surface area contributed by atoms with Gasteiger partial charge >= 0.3 is 0 Å². The lowest BCUT2D eigenvalue weighted by Crippen LogP contribution is -2.45. The first-order valence-electron chi connectivity index (χ1n) is 9.72. The van der Waals surface area contributed by atoms with Crippen LogP contribution in [0.4, 0.5) is 5.69 Å². The molecule has 7 heteroatoms. The van der Waals surface area contributed by atoms with Gasteiger partial charge in [-0.25, -0.2) is 0 Å². The van der Waals surface area contributed by atoms with Crippen LogP contribution in [0.2, 0.25) is 0 Å². The maximum atomic E-state index is 12.7. The van der Waals surface area contributed by atoms with Crippen molar-refractivity contribution in [3.8, 4) is 5.75 Å². The van der Waals surface area contributed by atoms with E-state index in [1.54, 1.807) is 32.2 Å². The molecule has 1 atom stereocenters. The summed E-state index contributed by atoms with van der Waals surface area (Å²) in [5, 5.41) is 4.86. The van der Waals surface area contributed by atoms with Gasteiger partial charge in [-0.05, 0) is 31.5 Å². The number of hydrogen-bond donors (Lipinski definition) is 1. The van der Waals surface area contributed by atoms with Gasteiger partial charge in [-0.3, -0.25) is 14.5 Å². The number of para-hydroxylation sites is 1. The summed E-state index contributed by atoms with van der Waals surface area (Å²) < 4.78 is 11.4. The Hall–Kier alpha value is -3.06. The van der Waals surface area contributed by atoms with Gasteiger partial charge in [-0.15, -0.1) is 0 Å². The van der Waals surface area contributed by atoms with Crippen LogP contribution in [0, 0.1) is 0 Å². The molecule has 0 saturated carbocycles. The highest BCUT2D eigenvalue weighted by Gasteiger charge is 2.32. The summed E-state index contributed by atoms with van der Waals surface area (Å²) >= 11 is 0. The van der Waals surface area contributed by atoms with E-state index in [9.17, 15) is 9.59 Å². The molecule has 2 aromatic carbocycles. The molecule has 1 fully saturated rings. The first-order valence-corrected chi connectivity index (χ1v) is 9.72. The van der Waals surface area contributed by atoms with Crippen molar-refractivity contribution < 1.29 is 18.7 Å². The highest BCUT2D eigenvalue weighted by Crippen LogP contribution is 2.36. The summed E-state index contributed by atoms with van der Waals surface area (Å²) in [7, 11) is 5.06. The van der Waals surface area contributed by atoms with Gasteiger partial charge in [0.15, 0.2) is 0 Å². The van der Waals surface area contributed by atoms with Gasteiger partial charge in [-0.2, -0.15) is 0 Å². The Balaban J connectivity index is 1.56. The number of rotatable bonds is 5. The standard InChI is InChI=1S/C22H25N3O4/c1-24(2)22(27)17-8-6-10-25(17)13-21(26)23-16-12-19-15(11-20(16)28-3)14-7-4-5-9-18(14)29-19/h4-5,7,9,11-12,17H,6,8,10,13H2,1-3H3,(H,23,26). The number of fused-ring (bicyclic) bond motifs is 3. The first kappa shape index (κ1) is 19.3. The number of furan rings is 1. The Kier molecular flexibility index (Phi) is 5.15. The predicted molar refractivity (Wildman–Crippen MR) is 112 cm³/mol. The molecular formula is C22H25N3O4. The van der Waals surface area contributed by atoms with Crippen molar-refractivity contribution in [3.05, 3.63) is 36.4 Å². The minimum atomic E-state index is -0.240. The monoisotopic (exact) mass is 395 g/mol. The van der Waals surface area contributed by atoms with Crippen LogP contribution < -0.4 is 10.1 Å². The number of amides is 2. The molecule has 1 N–H and O–H groups in total. The van der Waals surface area contributed by atoms with E-state index in [4.69, 9.17) is 9.15 Å². The van der Waals surface area contributed by atoms with E-state index in [-0.39, 0.29) is 24.4 Å². The Bertz CT molecular complexity index is 1070. The molecule has 152 valence electrons. The molecule has 4 rings (SSSR count). The smallest absolute Gasteiger partial charge is 0.239 e. The third-order valence-electron chi connectivity index (χ3n) is 5.41. The SMILES string of the molecule is COc1cc2c(cc1NC(=O)CN1CCCC1C(=O)N(C)C)oc1ccccc12. The maximum absolute atomic E-state index is 12.7. The van der Waals surface area contributed by atoms with Crippen LogP contribution in [-0.2, 0) is 9.59 Å². The van der Waals surface area contributed by atoms with E-state index in [1.807, 2.05) is 35.2 Å². The minimum absolute atomic E-state index is 0.0385. The third kappa shape index (κ3) is 3.65. The predicted octanol–water partition coefficient (Wildman–Crippen LogP) is 3.09. The second-order valence-corrected chi connectivity index (χ2v) is 7.56. The largest absolute Gasteiger partial charge is 0.495 e. The van der Waals surface area contributed by atoms with E-state index in [1.165, 1.54) is 0 Å². The number of nitrogens with one attached hydrogen (secondary N) is 1. The van der Waals surface area contributed by atoms with Crippen LogP contribution in [-0.4, -0.2) is 62.0 Å². The second kappa shape index (κ2) is 7.75. The Morgan fingerprint density at radius 2 is 2.00 bits per heavy atom. The summed E-state index contributed by atoms with van der Waals surface area (Å²) in [4.78, 5) is 28.6. The van der Waals surface area contributed by atoms with Crippen LogP contribution in [0.15, 0.2) is 40.8 Å². The first-order chi connectivity index (χ1) is 14.0. The van der Waals surface area contributed by atoms with E-state index in [0.29, 0.717) is 17.0 Å². The quantitative estimate of drug-likeness (QED) is 0.719. The molecule has 0 bridgehead atoms. The van der Waals surface area contributed by atoms with Crippen LogP contribution >= 0.6 is 0 Å². The molecule has 1 aromatic heterocycles. The molecule has 0 radical (unpaired) electrons. The molecule has 2 heterocycles. The highest BCUT2D eigenvalue weighted by molar-refractivity contribution is 6.07. The van der Waals surface area contributed by atoms with Crippen molar-refractivity contribution in [1.82, 2.24) is 9.80 Å². The number of benzene rings is 2. The van der Waals surface area contributed by atoms with Crippen molar-refractivity contribution in [3.63, 3.8) is 0 Å². The van der Waals surface area contributed by atoms with Gasteiger partial charge in [0.25, 0.3) is 0 Å². The molecular weight excluding hydrogens is 370 g/mol. The lowest BCUT2D eigenvalue weighted by atomic mass is 10.1. The van der Waals surface area contributed by atoms with Crippen molar-refractivity contribution in [1.29, 1.82) is 0 Å². The molecule has 0 aliphatic carbocycles. The number of carbonyl (C=O) groups excluding carboxylic acids is 2. The number of carbonyl (C=O) groups is 2. The molecule has 29 heavy (non-hydrogen) atoms. The van der Waals surface area contributed by atoms with Crippen LogP contribution in [0.5, 0.6) is 5.75 Å². The van der Waals surface area contributed by atoms with E-state index >= 15 is 0 Å². The average Bonchev–Trinajstić information content (AvgIpc) is 3.30. The van der Waals surface area contributed by atoms with Gasteiger partial charge < -0.3 is 19.4 Å². The van der Waals surface area contributed by atoms with Gasteiger partial charge in [0.05, 0.1) is 25.4 Å². The summed E-state index contributed by atoms with van der Waals surface area (Å²) in [5.41, 5.74) is 2.03. The zero-order valence-corrected chi connectivity index (χ0v) is 16.9. The van der Waals surface area contributed by atoms with E-state index in [2.05, 4.69) is 5.32 Å². The highest BCUT2D eigenvalue weighted by atomic mass is 16.5. The topological polar surface area (TPSA) is 75.0 Å². The zero-order chi connectivity index (χ0) is 20.5. The lowest BCUT2D eigenvalue weighted by Gasteiger charge is -2.25. The Morgan fingerprint density at radius 1 is 1.21 bits per heavy atom. The summed E-state index contributed by atoms with van der Waals surface area (Å²) in [6.45, 7) is 0.892. The molecule has 1 aliphatic rings. The minimum Gasteiger partial charge on any atom is -0.495 e. The number of ether oxygens (including phenoxy) is 1. The summed E-state index contributed by atoms with van der Waals surface area (Å²) in [6.07, 6.45) is 1.68. The number of hydrogen-bond acceptors (Lipinski definition) is 5. The van der Waals surface area contributed by atoms with Crippen molar-refractivity contribution in [2.45, 2.75) is 18.9 Å². The fraction of sp³-hybridized carbons (Fsp3) is 0.364. The zero-order valence-electron chi connectivity index (χ0n) is 16.9. The molecule has 3 aromatic rings. The van der Waals surface area contributed by atoms with Gasteiger partial charge in [0, 0.05) is 30.9 Å². The average molecular weight is 395 g/mol. The molecule has 1 aliphatic heterocycles. The third-order valence-corrected chi connectivity index (χ3v) is 5.41.